The zero-order valence-corrected chi connectivity index (χ0v) is 11.0. The molecule has 2 atom stereocenters. The maximum atomic E-state index is 6.14. The van der Waals surface area contributed by atoms with Crippen molar-refractivity contribution in [2.45, 2.75) is 58.0 Å². The minimum Gasteiger partial charge on any atom is -0.344 e. The molecule has 1 aliphatic rings. The predicted molar refractivity (Wildman–Crippen MR) is 68.9 cm³/mol. The Morgan fingerprint density at radius 2 is 1.71 bits per heavy atom. The third-order valence-corrected chi connectivity index (χ3v) is 3.65. The first kappa shape index (κ1) is 12.6. The van der Waals surface area contributed by atoms with Crippen molar-refractivity contribution in [1.82, 2.24) is 0 Å². The SMILES string of the molecule is CCC1(CC)O[C@@H](Cc2ccccc2)[C@@H](C)O1. The van der Waals surface area contributed by atoms with E-state index in [0.717, 1.165) is 19.3 Å². The monoisotopic (exact) mass is 234 g/mol. The van der Waals surface area contributed by atoms with Gasteiger partial charge in [-0.1, -0.05) is 44.2 Å². The first-order valence-corrected chi connectivity index (χ1v) is 6.58. The lowest BCUT2D eigenvalue weighted by Crippen LogP contribution is -2.29. The molecule has 1 aromatic carbocycles. The van der Waals surface area contributed by atoms with Crippen LogP contribution in [0.2, 0.25) is 0 Å². The molecular formula is C15H22O2. The van der Waals surface area contributed by atoms with Gasteiger partial charge in [0.05, 0.1) is 12.2 Å². The maximum absolute atomic E-state index is 6.14. The van der Waals surface area contributed by atoms with Gasteiger partial charge in [-0.2, -0.15) is 0 Å². The minimum atomic E-state index is -0.348. The van der Waals surface area contributed by atoms with Crippen LogP contribution in [0, 0.1) is 0 Å². The van der Waals surface area contributed by atoms with Crippen LogP contribution in [0.25, 0.3) is 0 Å². The van der Waals surface area contributed by atoms with Crippen LogP contribution >= 0.6 is 0 Å². The Morgan fingerprint density at radius 1 is 1.06 bits per heavy atom. The highest BCUT2D eigenvalue weighted by Gasteiger charge is 2.42. The maximum Gasteiger partial charge on any atom is 0.168 e. The smallest absolute Gasteiger partial charge is 0.168 e. The molecule has 2 nitrogen and oxygen atoms in total. The van der Waals surface area contributed by atoms with Crippen LogP contribution in [-0.4, -0.2) is 18.0 Å². The second kappa shape index (κ2) is 5.19. The van der Waals surface area contributed by atoms with Gasteiger partial charge in [-0.3, -0.25) is 0 Å². The van der Waals surface area contributed by atoms with Gasteiger partial charge in [0.2, 0.25) is 0 Å². The summed E-state index contributed by atoms with van der Waals surface area (Å²) >= 11 is 0. The van der Waals surface area contributed by atoms with Crippen LogP contribution in [0.4, 0.5) is 0 Å². The highest BCUT2D eigenvalue weighted by atomic mass is 16.8. The summed E-state index contributed by atoms with van der Waals surface area (Å²) in [5.74, 6) is -0.348. The summed E-state index contributed by atoms with van der Waals surface area (Å²) in [6.07, 6.45) is 3.12. The molecule has 0 unspecified atom stereocenters. The molecule has 2 heteroatoms. The molecule has 0 bridgehead atoms. The molecule has 0 radical (unpaired) electrons. The molecule has 0 saturated carbocycles. The van der Waals surface area contributed by atoms with Gasteiger partial charge in [-0.05, 0) is 25.3 Å². The molecule has 1 aromatic rings. The molecule has 0 spiro atoms. The lowest BCUT2D eigenvalue weighted by Gasteiger charge is -2.25. The summed E-state index contributed by atoms with van der Waals surface area (Å²) in [4.78, 5) is 0. The summed E-state index contributed by atoms with van der Waals surface area (Å²) in [5.41, 5.74) is 1.32. The predicted octanol–water partition coefficient (Wildman–Crippen LogP) is 3.55. The summed E-state index contributed by atoms with van der Waals surface area (Å²) in [6, 6.07) is 10.5. The number of hydrogen-bond donors (Lipinski definition) is 0. The standard InChI is InChI=1S/C15H22O2/c1-4-15(5-2)16-12(3)14(17-15)11-13-9-7-6-8-10-13/h6-10,12,14H,4-5,11H2,1-3H3/t12-,14+/m1/s1. The van der Waals surface area contributed by atoms with Gasteiger partial charge in [-0.25, -0.2) is 0 Å². The molecule has 1 heterocycles. The van der Waals surface area contributed by atoms with Crippen LogP contribution in [-0.2, 0) is 15.9 Å². The van der Waals surface area contributed by atoms with Crippen molar-refractivity contribution < 1.29 is 9.47 Å². The van der Waals surface area contributed by atoms with E-state index in [1.807, 2.05) is 6.07 Å². The number of hydrogen-bond acceptors (Lipinski definition) is 2. The summed E-state index contributed by atoms with van der Waals surface area (Å²) in [7, 11) is 0. The molecule has 17 heavy (non-hydrogen) atoms. The minimum absolute atomic E-state index is 0.176. The van der Waals surface area contributed by atoms with Crippen molar-refractivity contribution >= 4 is 0 Å². The topological polar surface area (TPSA) is 18.5 Å². The summed E-state index contributed by atoms with van der Waals surface area (Å²) < 4.78 is 12.2. The van der Waals surface area contributed by atoms with E-state index in [2.05, 4.69) is 45.0 Å². The lowest BCUT2D eigenvalue weighted by molar-refractivity contribution is -0.177. The van der Waals surface area contributed by atoms with Gasteiger partial charge >= 0.3 is 0 Å². The fourth-order valence-corrected chi connectivity index (χ4v) is 2.45. The van der Waals surface area contributed by atoms with Gasteiger partial charge in [0.15, 0.2) is 5.79 Å². The van der Waals surface area contributed by atoms with E-state index in [4.69, 9.17) is 9.47 Å². The Kier molecular flexibility index (Phi) is 3.85. The molecule has 94 valence electrons. The van der Waals surface area contributed by atoms with E-state index in [1.54, 1.807) is 0 Å². The number of rotatable bonds is 4. The molecule has 1 aliphatic heterocycles. The van der Waals surface area contributed by atoms with Gasteiger partial charge in [0, 0.05) is 6.42 Å². The van der Waals surface area contributed by atoms with Gasteiger partial charge in [0.25, 0.3) is 0 Å². The average Bonchev–Trinajstić information content (AvgIpc) is 2.68. The van der Waals surface area contributed by atoms with E-state index in [1.165, 1.54) is 5.56 Å². The van der Waals surface area contributed by atoms with Crippen LogP contribution < -0.4 is 0 Å². The van der Waals surface area contributed by atoms with E-state index in [9.17, 15) is 0 Å². The fourth-order valence-electron chi connectivity index (χ4n) is 2.45. The zero-order valence-electron chi connectivity index (χ0n) is 11.0. The van der Waals surface area contributed by atoms with Crippen LogP contribution in [0.5, 0.6) is 0 Å². The van der Waals surface area contributed by atoms with Gasteiger partial charge < -0.3 is 9.47 Å². The van der Waals surface area contributed by atoms with E-state index in [-0.39, 0.29) is 18.0 Å². The lowest BCUT2D eigenvalue weighted by atomic mass is 10.1. The van der Waals surface area contributed by atoms with Crippen molar-refractivity contribution in [1.29, 1.82) is 0 Å². The average molecular weight is 234 g/mol. The molecule has 1 fully saturated rings. The Morgan fingerprint density at radius 3 is 2.24 bits per heavy atom. The number of benzene rings is 1. The van der Waals surface area contributed by atoms with Crippen molar-refractivity contribution in [3.8, 4) is 0 Å². The normalized spacial score (nSPS) is 27.2. The highest BCUT2D eigenvalue weighted by molar-refractivity contribution is 5.16. The molecule has 0 aromatic heterocycles. The molecule has 0 aliphatic carbocycles. The Balaban J connectivity index is 2.04. The first-order valence-electron chi connectivity index (χ1n) is 6.58. The van der Waals surface area contributed by atoms with Crippen molar-refractivity contribution in [2.24, 2.45) is 0 Å². The summed E-state index contributed by atoms with van der Waals surface area (Å²) in [6.45, 7) is 6.36. The Labute approximate surface area is 104 Å². The van der Waals surface area contributed by atoms with E-state index >= 15 is 0 Å². The largest absolute Gasteiger partial charge is 0.344 e. The first-order chi connectivity index (χ1) is 8.19. The second-order valence-electron chi connectivity index (χ2n) is 4.79. The van der Waals surface area contributed by atoms with Crippen molar-refractivity contribution in [3.63, 3.8) is 0 Å². The van der Waals surface area contributed by atoms with Crippen molar-refractivity contribution in [2.75, 3.05) is 0 Å². The van der Waals surface area contributed by atoms with Crippen LogP contribution in [0.1, 0.15) is 39.2 Å². The summed E-state index contributed by atoms with van der Waals surface area (Å²) in [5, 5.41) is 0. The van der Waals surface area contributed by atoms with E-state index in [0.29, 0.717) is 0 Å². The third-order valence-electron chi connectivity index (χ3n) is 3.65. The second-order valence-corrected chi connectivity index (χ2v) is 4.79. The highest BCUT2D eigenvalue weighted by Crippen LogP contribution is 2.35. The van der Waals surface area contributed by atoms with Crippen LogP contribution in [0.15, 0.2) is 30.3 Å². The number of ether oxygens (including phenoxy) is 2. The zero-order chi connectivity index (χ0) is 12.3. The molecule has 0 amide bonds. The van der Waals surface area contributed by atoms with E-state index < -0.39 is 0 Å². The Bertz CT molecular complexity index is 343. The molecule has 0 N–H and O–H groups in total. The van der Waals surface area contributed by atoms with Crippen LogP contribution in [0.3, 0.4) is 0 Å². The van der Waals surface area contributed by atoms with Crippen molar-refractivity contribution in [3.05, 3.63) is 35.9 Å². The fraction of sp³-hybridized carbons (Fsp3) is 0.600. The quantitative estimate of drug-likeness (QED) is 0.793. The van der Waals surface area contributed by atoms with Gasteiger partial charge in [-0.15, -0.1) is 0 Å². The molecular weight excluding hydrogens is 212 g/mol. The van der Waals surface area contributed by atoms with Gasteiger partial charge in [0.1, 0.15) is 0 Å². The molecule has 2 rings (SSSR count). The molecule has 1 saturated heterocycles. The Hall–Kier alpha value is -0.860. The third kappa shape index (κ3) is 2.70.